The van der Waals surface area contributed by atoms with Crippen molar-refractivity contribution in [1.29, 1.82) is 0 Å². The van der Waals surface area contributed by atoms with Crippen LogP contribution in [0.15, 0.2) is 35.5 Å². The average Bonchev–Trinajstić information content (AvgIpc) is 2.78. The number of rotatable bonds is 7. The molecule has 2 atom stereocenters. The van der Waals surface area contributed by atoms with Crippen LogP contribution in [0, 0.1) is 12.8 Å². The van der Waals surface area contributed by atoms with Crippen LogP contribution in [0.1, 0.15) is 57.2 Å². The minimum Gasteiger partial charge on any atom is -0.463 e. The molecule has 2 fully saturated rings. The predicted molar refractivity (Wildman–Crippen MR) is 133 cm³/mol. The Morgan fingerprint density at radius 2 is 1.94 bits per heavy atom. The normalized spacial score (nSPS) is 23.7. The molecule has 8 nitrogen and oxygen atoms in total. The SMILES string of the molecule is CCOC(=O)C1=C(CN2CCN(C(=O)C3CCC3)C(C)C2)N(CC)C(=O)NC1c1cccc(C)c1. The Morgan fingerprint density at radius 3 is 2.54 bits per heavy atom. The summed E-state index contributed by atoms with van der Waals surface area (Å²) in [5, 5.41) is 3.03. The standard InChI is InChI=1S/C27H38N4O4/c1-5-30-22(17-29-13-14-31(19(4)16-29)25(32)20-10-8-11-20)23(26(33)35-6-2)24(28-27(30)34)21-12-7-9-18(3)15-21/h7,9,12,15,19-20,24H,5-6,8,10-11,13-14,16-17H2,1-4H3,(H,28,34). The van der Waals surface area contributed by atoms with E-state index in [2.05, 4.69) is 17.1 Å². The van der Waals surface area contributed by atoms with E-state index in [0.717, 1.165) is 30.4 Å². The summed E-state index contributed by atoms with van der Waals surface area (Å²) in [6.45, 7) is 11.0. The van der Waals surface area contributed by atoms with Gasteiger partial charge in [-0.25, -0.2) is 9.59 Å². The lowest BCUT2D eigenvalue weighted by molar-refractivity contribution is -0.142. The number of carbonyl (C=O) groups excluding carboxylic acids is 3. The van der Waals surface area contributed by atoms with Gasteiger partial charge in [-0.05, 0) is 46.1 Å². The molecule has 1 saturated carbocycles. The summed E-state index contributed by atoms with van der Waals surface area (Å²) in [7, 11) is 0. The lowest BCUT2D eigenvalue weighted by Crippen LogP contribution is -2.57. The lowest BCUT2D eigenvalue weighted by atomic mass is 9.84. The Balaban J connectivity index is 1.63. The summed E-state index contributed by atoms with van der Waals surface area (Å²) in [6.07, 6.45) is 3.15. The van der Waals surface area contributed by atoms with Crippen molar-refractivity contribution in [2.45, 2.75) is 59.0 Å². The first-order valence-electron chi connectivity index (χ1n) is 12.9. The van der Waals surface area contributed by atoms with E-state index in [0.29, 0.717) is 44.0 Å². The van der Waals surface area contributed by atoms with Crippen molar-refractivity contribution in [1.82, 2.24) is 20.0 Å². The maximum absolute atomic E-state index is 13.3. The second-order valence-corrected chi connectivity index (χ2v) is 9.87. The molecule has 8 heteroatoms. The minimum atomic E-state index is -0.571. The van der Waals surface area contributed by atoms with Crippen LogP contribution in [0.25, 0.3) is 0 Å². The van der Waals surface area contributed by atoms with E-state index in [1.165, 1.54) is 0 Å². The van der Waals surface area contributed by atoms with Crippen molar-refractivity contribution in [2.24, 2.45) is 5.92 Å². The number of hydrogen-bond acceptors (Lipinski definition) is 5. The highest BCUT2D eigenvalue weighted by Crippen LogP contribution is 2.33. The van der Waals surface area contributed by atoms with Gasteiger partial charge in [0.05, 0.1) is 18.2 Å². The van der Waals surface area contributed by atoms with E-state index in [-0.39, 0.29) is 30.5 Å². The number of aryl methyl sites for hydroxylation is 1. The quantitative estimate of drug-likeness (QED) is 0.604. The van der Waals surface area contributed by atoms with E-state index >= 15 is 0 Å². The zero-order valence-corrected chi connectivity index (χ0v) is 21.4. The molecule has 2 heterocycles. The van der Waals surface area contributed by atoms with Gasteiger partial charge < -0.3 is 15.0 Å². The Bertz CT molecular complexity index is 1000. The summed E-state index contributed by atoms with van der Waals surface area (Å²) in [5.41, 5.74) is 3.09. The molecule has 0 spiro atoms. The van der Waals surface area contributed by atoms with Gasteiger partial charge in [-0.1, -0.05) is 36.2 Å². The molecule has 190 valence electrons. The molecule has 2 aliphatic heterocycles. The average molecular weight is 483 g/mol. The van der Waals surface area contributed by atoms with Crippen LogP contribution in [0.2, 0.25) is 0 Å². The summed E-state index contributed by atoms with van der Waals surface area (Å²) in [4.78, 5) is 45.2. The zero-order valence-electron chi connectivity index (χ0n) is 21.4. The minimum absolute atomic E-state index is 0.0866. The molecule has 1 aromatic rings. The van der Waals surface area contributed by atoms with E-state index in [1.54, 1.807) is 11.8 Å². The fourth-order valence-corrected chi connectivity index (χ4v) is 5.36. The van der Waals surface area contributed by atoms with Crippen LogP contribution < -0.4 is 5.32 Å². The molecule has 1 N–H and O–H groups in total. The molecule has 35 heavy (non-hydrogen) atoms. The number of nitrogens with zero attached hydrogens (tertiary/aromatic N) is 3. The molecule has 2 unspecified atom stereocenters. The second-order valence-electron chi connectivity index (χ2n) is 9.87. The third-order valence-corrected chi connectivity index (χ3v) is 7.45. The number of likely N-dealkylation sites (N-methyl/N-ethyl adjacent to an activating group) is 1. The summed E-state index contributed by atoms with van der Waals surface area (Å²) < 4.78 is 5.48. The van der Waals surface area contributed by atoms with Crippen molar-refractivity contribution < 1.29 is 19.1 Å². The number of ether oxygens (including phenoxy) is 1. The van der Waals surface area contributed by atoms with E-state index in [4.69, 9.17) is 4.74 Å². The van der Waals surface area contributed by atoms with Crippen LogP contribution in [0.4, 0.5) is 4.79 Å². The molecular formula is C27H38N4O4. The monoisotopic (exact) mass is 482 g/mol. The van der Waals surface area contributed by atoms with Crippen molar-refractivity contribution in [3.05, 3.63) is 46.7 Å². The molecule has 1 aromatic carbocycles. The highest BCUT2D eigenvalue weighted by atomic mass is 16.5. The number of urea groups is 1. The molecule has 1 aliphatic carbocycles. The zero-order chi connectivity index (χ0) is 25.1. The number of nitrogens with one attached hydrogen (secondary N) is 1. The molecule has 4 rings (SSSR count). The van der Waals surface area contributed by atoms with Gasteiger partial charge in [0, 0.05) is 50.4 Å². The van der Waals surface area contributed by atoms with Crippen molar-refractivity contribution in [2.75, 3.05) is 39.3 Å². The first kappa shape index (κ1) is 25.2. The lowest BCUT2D eigenvalue weighted by Gasteiger charge is -2.44. The first-order valence-corrected chi connectivity index (χ1v) is 12.9. The maximum atomic E-state index is 13.3. The van der Waals surface area contributed by atoms with E-state index in [1.807, 2.05) is 43.0 Å². The van der Waals surface area contributed by atoms with Crippen LogP contribution in [0.3, 0.4) is 0 Å². The van der Waals surface area contributed by atoms with Gasteiger partial charge in [0.2, 0.25) is 5.91 Å². The van der Waals surface area contributed by atoms with Crippen LogP contribution in [-0.4, -0.2) is 78.0 Å². The second kappa shape index (κ2) is 10.8. The molecule has 0 bridgehead atoms. The van der Waals surface area contributed by atoms with Crippen LogP contribution in [0.5, 0.6) is 0 Å². The number of carbonyl (C=O) groups is 3. The fraction of sp³-hybridized carbons (Fsp3) is 0.593. The Morgan fingerprint density at radius 1 is 1.17 bits per heavy atom. The molecule has 3 aliphatic rings. The molecule has 3 amide bonds. The van der Waals surface area contributed by atoms with Crippen molar-refractivity contribution >= 4 is 17.9 Å². The summed E-state index contributed by atoms with van der Waals surface area (Å²) in [6, 6.07) is 7.16. The van der Waals surface area contributed by atoms with Crippen molar-refractivity contribution in [3.8, 4) is 0 Å². The van der Waals surface area contributed by atoms with Gasteiger partial charge in [0.15, 0.2) is 0 Å². The number of hydrogen-bond donors (Lipinski definition) is 1. The van der Waals surface area contributed by atoms with Gasteiger partial charge in [-0.2, -0.15) is 0 Å². The third-order valence-electron chi connectivity index (χ3n) is 7.45. The van der Waals surface area contributed by atoms with Gasteiger partial charge in [0.25, 0.3) is 0 Å². The Hall–Kier alpha value is -2.87. The summed E-state index contributed by atoms with van der Waals surface area (Å²) >= 11 is 0. The highest BCUT2D eigenvalue weighted by molar-refractivity contribution is 5.95. The summed E-state index contributed by atoms with van der Waals surface area (Å²) in [5.74, 6) is 0.0655. The molecule has 0 radical (unpaired) electrons. The van der Waals surface area contributed by atoms with Crippen LogP contribution >= 0.6 is 0 Å². The number of benzene rings is 1. The Labute approximate surface area is 208 Å². The first-order chi connectivity index (χ1) is 16.8. The Kier molecular flexibility index (Phi) is 7.79. The topological polar surface area (TPSA) is 82.2 Å². The molecule has 1 saturated heterocycles. The fourth-order valence-electron chi connectivity index (χ4n) is 5.36. The van der Waals surface area contributed by atoms with Crippen LogP contribution in [-0.2, 0) is 14.3 Å². The van der Waals surface area contributed by atoms with Gasteiger partial charge in [-0.15, -0.1) is 0 Å². The largest absolute Gasteiger partial charge is 0.463 e. The molecule has 0 aromatic heterocycles. The van der Waals surface area contributed by atoms with Gasteiger partial charge in [0.1, 0.15) is 0 Å². The maximum Gasteiger partial charge on any atom is 0.338 e. The highest BCUT2D eigenvalue weighted by Gasteiger charge is 2.40. The van der Waals surface area contributed by atoms with Gasteiger partial charge >= 0.3 is 12.0 Å². The predicted octanol–water partition coefficient (Wildman–Crippen LogP) is 3.23. The number of esters is 1. The smallest absolute Gasteiger partial charge is 0.338 e. The number of amides is 3. The third kappa shape index (κ3) is 5.22. The van der Waals surface area contributed by atoms with E-state index < -0.39 is 12.0 Å². The van der Waals surface area contributed by atoms with E-state index in [9.17, 15) is 14.4 Å². The molecular weight excluding hydrogens is 444 g/mol. The van der Waals surface area contributed by atoms with Gasteiger partial charge in [-0.3, -0.25) is 14.6 Å². The van der Waals surface area contributed by atoms with Crippen molar-refractivity contribution in [3.63, 3.8) is 0 Å². The number of piperazine rings is 1.